The zero-order chi connectivity index (χ0) is 14.5. The number of aromatic nitrogens is 3. The molecule has 0 aliphatic heterocycles. The van der Waals surface area contributed by atoms with E-state index < -0.39 is 0 Å². The van der Waals surface area contributed by atoms with Gasteiger partial charge in [0.05, 0.1) is 25.8 Å². The van der Waals surface area contributed by atoms with Crippen molar-refractivity contribution in [3.63, 3.8) is 0 Å². The first-order valence-electron chi connectivity index (χ1n) is 6.16. The zero-order valence-corrected chi connectivity index (χ0v) is 12.2. The number of nitrogens with zero attached hydrogens (tertiary/aromatic N) is 3. The Labute approximate surface area is 122 Å². The van der Waals surface area contributed by atoms with Crippen LogP contribution in [0.2, 0.25) is 0 Å². The molecular formula is C13H17ClN4O2. The minimum Gasteiger partial charge on any atom is -0.493 e. The maximum atomic E-state index is 5.92. The number of benzene rings is 1. The monoisotopic (exact) mass is 296 g/mol. The van der Waals surface area contributed by atoms with Crippen molar-refractivity contribution in [1.29, 1.82) is 0 Å². The second kappa shape index (κ2) is 6.58. The number of hydrogen-bond donors (Lipinski definition) is 1. The number of hydrogen-bond acceptors (Lipinski definition) is 5. The van der Waals surface area contributed by atoms with Crippen molar-refractivity contribution in [3.8, 4) is 17.2 Å². The summed E-state index contributed by atoms with van der Waals surface area (Å²) in [6.45, 7) is 0.494. The Morgan fingerprint density at radius 2 is 1.85 bits per heavy atom. The van der Waals surface area contributed by atoms with Gasteiger partial charge in [-0.2, -0.15) is 0 Å². The highest BCUT2D eigenvalue weighted by atomic mass is 35.5. The molecule has 0 fully saturated rings. The van der Waals surface area contributed by atoms with Crippen LogP contribution in [0, 0.1) is 0 Å². The number of ether oxygens (including phenoxy) is 2. The molecule has 0 saturated heterocycles. The van der Waals surface area contributed by atoms with Crippen LogP contribution in [0.4, 0.5) is 0 Å². The van der Waals surface area contributed by atoms with Crippen LogP contribution < -0.4 is 15.2 Å². The smallest absolute Gasteiger partial charge is 0.162 e. The van der Waals surface area contributed by atoms with Gasteiger partial charge < -0.3 is 15.2 Å². The molecule has 1 aromatic carbocycles. The van der Waals surface area contributed by atoms with Crippen LogP contribution in [-0.2, 0) is 12.3 Å². The molecule has 0 unspecified atom stereocenters. The summed E-state index contributed by atoms with van der Waals surface area (Å²) >= 11 is 5.92. The van der Waals surface area contributed by atoms with E-state index in [1.165, 1.54) is 0 Å². The second-order valence-electron chi connectivity index (χ2n) is 4.08. The van der Waals surface area contributed by atoms with Crippen molar-refractivity contribution in [1.82, 2.24) is 14.8 Å². The normalized spacial score (nSPS) is 10.6. The maximum Gasteiger partial charge on any atom is 0.162 e. The third kappa shape index (κ3) is 2.71. The molecule has 0 spiro atoms. The summed E-state index contributed by atoms with van der Waals surface area (Å²) in [6.07, 6.45) is 0.623. The molecule has 0 atom stereocenters. The maximum absolute atomic E-state index is 5.92. The summed E-state index contributed by atoms with van der Waals surface area (Å²) in [5, 5.41) is 8.21. The molecule has 2 rings (SSSR count). The van der Waals surface area contributed by atoms with Crippen LogP contribution >= 0.6 is 11.6 Å². The first kappa shape index (κ1) is 14.6. The fourth-order valence-electron chi connectivity index (χ4n) is 1.99. The fourth-order valence-corrected chi connectivity index (χ4v) is 2.17. The highest BCUT2D eigenvalue weighted by Crippen LogP contribution is 2.30. The predicted octanol–water partition coefficient (Wildman–Crippen LogP) is 1.52. The van der Waals surface area contributed by atoms with Crippen molar-refractivity contribution in [3.05, 3.63) is 29.8 Å². The lowest BCUT2D eigenvalue weighted by Crippen LogP contribution is -2.10. The molecule has 2 N–H and O–H groups in total. The quantitative estimate of drug-likeness (QED) is 0.818. The zero-order valence-electron chi connectivity index (χ0n) is 11.5. The highest BCUT2D eigenvalue weighted by molar-refractivity contribution is 6.16. The highest BCUT2D eigenvalue weighted by Gasteiger charge is 2.14. The van der Waals surface area contributed by atoms with Gasteiger partial charge in [0.25, 0.3) is 0 Å². The number of rotatable bonds is 6. The Hall–Kier alpha value is -1.79. The van der Waals surface area contributed by atoms with E-state index in [2.05, 4.69) is 10.2 Å². The molecule has 0 saturated carbocycles. The average molecular weight is 297 g/mol. The summed E-state index contributed by atoms with van der Waals surface area (Å²) in [7, 11) is 3.19. The Balaban J connectivity index is 2.52. The van der Waals surface area contributed by atoms with Gasteiger partial charge >= 0.3 is 0 Å². The van der Waals surface area contributed by atoms with Gasteiger partial charge in [-0.25, -0.2) is 0 Å². The van der Waals surface area contributed by atoms with Crippen molar-refractivity contribution in [2.75, 3.05) is 20.8 Å². The molecule has 0 bridgehead atoms. The molecule has 108 valence electrons. The second-order valence-corrected chi connectivity index (χ2v) is 4.35. The number of nitrogens with two attached hydrogens (primary N) is 1. The lowest BCUT2D eigenvalue weighted by atomic mass is 10.2. The molecule has 1 heterocycles. The summed E-state index contributed by atoms with van der Waals surface area (Å²) < 4.78 is 12.4. The molecule has 20 heavy (non-hydrogen) atoms. The van der Waals surface area contributed by atoms with Gasteiger partial charge in [0, 0.05) is 12.5 Å². The van der Waals surface area contributed by atoms with E-state index in [0.29, 0.717) is 30.3 Å². The number of halogens is 1. The van der Waals surface area contributed by atoms with E-state index in [1.54, 1.807) is 14.2 Å². The summed E-state index contributed by atoms with van der Waals surface area (Å²) in [4.78, 5) is 0. The Morgan fingerprint density at radius 3 is 2.45 bits per heavy atom. The van der Waals surface area contributed by atoms with Crippen molar-refractivity contribution in [2.45, 2.75) is 12.3 Å². The molecule has 0 radical (unpaired) electrons. The van der Waals surface area contributed by atoms with Gasteiger partial charge in [-0.15, -0.1) is 21.8 Å². The van der Waals surface area contributed by atoms with E-state index in [9.17, 15) is 0 Å². The first-order chi connectivity index (χ1) is 9.74. The minimum atomic E-state index is 0.270. The summed E-state index contributed by atoms with van der Waals surface area (Å²) in [5.41, 5.74) is 6.47. The number of methoxy groups -OCH3 is 2. The molecule has 0 aliphatic rings. The lowest BCUT2D eigenvalue weighted by Gasteiger charge is -2.12. The van der Waals surface area contributed by atoms with Crippen LogP contribution in [0.15, 0.2) is 18.2 Å². The predicted molar refractivity (Wildman–Crippen MR) is 76.8 cm³/mol. The molecule has 1 aromatic heterocycles. The molecule has 6 nitrogen and oxygen atoms in total. The van der Waals surface area contributed by atoms with E-state index in [1.807, 2.05) is 22.8 Å². The third-order valence-electron chi connectivity index (χ3n) is 2.91. The minimum absolute atomic E-state index is 0.270. The van der Waals surface area contributed by atoms with Crippen molar-refractivity contribution in [2.24, 2.45) is 5.73 Å². The van der Waals surface area contributed by atoms with Crippen LogP contribution in [0.1, 0.15) is 11.6 Å². The molecule has 7 heteroatoms. The van der Waals surface area contributed by atoms with Gasteiger partial charge in [0.1, 0.15) is 5.82 Å². The van der Waals surface area contributed by atoms with Gasteiger partial charge in [-0.3, -0.25) is 4.57 Å². The standard InChI is InChI=1S/C13H17ClN4O2/c1-19-10-4-3-9(7-11(10)20-2)18-12(5-6-15)16-17-13(18)8-14/h3-4,7H,5-6,8,15H2,1-2H3. The summed E-state index contributed by atoms with van der Waals surface area (Å²) in [6, 6.07) is 5.59. The van der Waals surface area contributed by atoms with E-state index in [4.69, 9.17) is 26.8 Å². The first-order valence-corrected chi connectivity index (χ1v) is 6.70. The summed E-state index contributed by atoms with van der Waals surface area (Å²) in [5.74, 6) is 3.01. The average Bonchev–Trinajstić information content (AvgIpc) is 2.89. The Bertz CT molecular complexity index is 586. The topological polar surface area (TPSA) is 75.2 Å². The van der Waals surface area contributed by atoms with Gasteiger partial charge in [-0.1, -0.05) is 0 Å². The van der Waals surface area contributed by atoms with Crippen LogP contribution in [0.5, 0.6) is 11.5 Å². The van der Waals surface area contributed by atoms with E-state index >= 15 is 0 Å². The number of alkyl halides is 1. The van der Waals surface area contributed by atoms with Crippen LogP contribution in [-0.4, -0.2) is 35.5 Å². The van der Waals surface area contributed by atoms with Gasteiger partial charge in [0.2, 0.25) is 0 Å². The van der Waals surface area contributed by atoms with Gasteiger partial charge in [0.15, 0.2) is 17.3 Å². The molecule has 0 amide bonds. The molecule has 2 aromatic rings. The molecular weight excluding hydrogens is 280 g/mol. The molecule has 0 aliphatic carbocycles. The van der Waals surface area contributed by atoms with Crippen molar-refractivity contribution < 1.29 is 9.47 Å². The Morgan fingerprint density at radius 1 is 1.15 bits per heavy atom. The third-order valence-corrected chi connectivity index (χ3v) is 3.15. The van der Waals surface area contributed by atoms with E-state index in [0.717, 1.165) is 11.5 Å². The van der Waals surface area contributed by atoms with Crippen LogP contribution in [0.25, 0.3) is 5.69 Å². The van der Waals surface area contributed by atoms with E-state index in [-0.39, 0.29) is 5.88 Å². The van der Waals surface area contributed by atoms with Gasteiger partial charge in [-0.05, 0) is 18.7 Å². The van der Waals surface area contributed by atoms with Crippen molar-refractivity contribution >= 4 is 11.6 Å². The largest absolute Gasteiger partial charge is 0.493 e. The fraction of sp³-hybridized carbons (Fsp3) is 0.385. The Kier molecular flexibility index (Phi) is 4.81. The lowest BCUT2D eigenvalue weighted by molar-refractivity contribution is 0.355. The van der Waals surface area contributed by atoms with Crippen LogP contribution in [0.3, 0.4) is 0 Å². The SMILES string of the molecule is COc1ccc(-n2c(CCl)nnc2CCN)cc1OC.